The third-order valence-electron chi connectivity index (χ3n) is 4.95. The number of aryl methyl sites for hydroxylation is 1. The van der Waals surface area contributed by atoms with Gasteiger partial charge in [0, 0.05) is 29.5 Å². The van der Waals surface area contributed by atoms with Crippen LogP contribution in [0, 0.1) is 13.8 Å². The number of carbonyl (C=O) groups is 1. The number of rotatable bonds is 4. The number of phenols is 1. The number of hydrogen-bond acceptors (Lipinski definition) is 7. The Labute approximate surface area is 177 Å². The van der Waals surface area contributed by atoms with Crippen LogP contribution >= 0.6 is 11.3 Å². The average Bonchev–Trinajstić information content (AvgIpc) is 3.38. The van der Waals surface area contributed by atoms with Crippen molar-refractivity contribution in [2.45, 2.75) is 13.8 Å². The van der Waals surface area contributed by atoms with E-state index in [1.165, 1.54) is 18.4 Å². The molecule has 7 nitrogen and oxygen atoms in total. The zero-order valence-electron chi connectivity index (χ0n) is 16.7. The molecule has 3 N–H and O–H groups in total. The molecule has 4 aromatic rings. The van der Waals surface area contributed by atoms with Crippen LogP contribution in [0.3, 0.4) is 0 Å². The Kier molecular flexibility index (Phi) is 5.01. The minimum Gasteiger partial charge on any atom is -0.508 e. The Bertz CT molecular complexity index is 1290. The fraction of sp³-hybridized carbons (Fsp3) is 0.136. The number of fused-ring (bicyclic) bond motifs is 1. The lowest BCUT2D eigenvalue weighted by molar-refractivity contribution is 0.0603. The van der Waals surface area contributed by atoms with Crippen molar-refractivity contribution in [3.63, 3.8) is 0 Å². The summed E-state index contributed by atoms with van der Waals surface area (Å²) in [5, 5.41) is 13.0. The van der Waals surface area contributed by atoms with Crippen molar-refractivity contribution in [3.8, 4) is 16.9 Å². The predicted octanol–water partition coefficient (Wildman–Crippen LogP) is 4.32. The molecule has 0 radical (unpaired) electrons. The first-order valence-corrected chi connectivity index (χ1v) is 10.0. The Morgan fingerprint density at radius 2 is 2.07 bits per heavy atom. The van der Waals surface area contributed by atoms with Gasteiger partial charge in [0.15, 0.2) is 5.65 Å². The maximum atomic E-state index is 12.6. The number of benzene rings is 1. The molecule has 0 saturated heterocycles. The second kappa shape index (κ2) is 7.64. The van der Waals surface area contributed by atoms with Crippen LogP contribution in [0.1, 0.15) is 32.2 Å². The largest absolute Gasteiger partial charge is 0.508 e. The van der Waals surface area contributed by atoms with Crippen LogP contribution in [0.15, 0.2) is 36.1 Å². The number of carbonyl (C=O) groups excluding carboxylic acids is 1. The Balaban J connectivity index is 1.96. The van der Waals surface area contributed by atoms with Crippen molar-refractivity contribution in [2.24, 2.45) is 0 Å². The Morgan fingerprint density at radius 1 is 1.27 bits per heavy atom. The van der Waals surface area contributed by atoms with Crippen molar-refractivity contribution in [1.29, 1.82) is 0 Å². The molecule has 0 amide bonds. The van der Waals surface area contributed by atoms with Crippen LogP contribution in [0.25, 0.3) is 28.9 Å². The zero-order chi connectivity index (χ0) is 21.4. The fourth-order valence-corrected chi connectivity index (χ4v) is 4.00. The number of nitrogens with zero attached hydrogens (tertiary/aromatic N) is 3. The second-order valence-electron chi connectivity index (χ2n) is 6.82. The van der Waals surface area contributed by atoms with E-state index in [1.807, 2.05) is 49.8 Å². The Morgan fingerprint density at radius 3 is 2.77 bits per heavy atom. The highest BCUT2D eigenvalue weighted by Crippen LogP contribution is 2.38. The number of methoxy groups -OCH3 is 1. The van der Waals surface area contributed by atoms with Crippen molar-refractivity contribution in [1.82, 2.24) is 14.4 Å². The summed E-state index contributed by atoms with van der Waals surface area (Å²) >= 11 is 1.52. The normalized spacial score (nSPS) is 11.4. The number of thiazole rings is 1. The SMILES string of the molecule is COC(=O)c1c(N)c(-c2c(C)ccc(O)c2C)cn2cc(/C=C/c3nccs3)nc12. The molecule has 30 heavy (non-hydrogen) atoms. The van der Waals surface area contributed by atoms with Crippen molar-refractivity contribution in [3.05, 3.63) is 63.5 Å². The van der Waals surface area contributed by atoms with Gasteiger partial charge in [0.25, 0.3) is 0 Å². The number of aromatic hydroxyl groups is 1. The minimum atomic E-state index is -0.573. The first kappa shape index (κ1) is 19.7. The van der Waals surface area contributed by atoms with E-state index in [0.29, 0.717) is 22.5 Å². The molecule has 0 spiro atoms. The molecule has 8 heteroatoms. The molecule has 1 aromatic carbocycles. The molecular formula is C22H20N4O3S. The van der Waals surface area contributed by atoms with Crippen molar-refractivity contribution < 1.29 is 14.6 Å². The third kappa shape index (κ3) is 3.31. The van der Waals surface area contributed by atoms with E-state index in [-0.39, 0.29) is 17.0 Å². The van der Waals surface area contributed by atoms with Gasteiger partial charge in [-0.15, -0.1) is 11.3 Å². The summed E-state index contributed by atoms with van der Waals surface area (Å²) in [5.74, 6) is -0.414. The molecule has 0 atom stereocenters. The van der Waals surface area contributed by atoms with Gasteiger partial charge in [-0.05, 0) is 48.8 Å². The van der Waals surface area contributed by atoms with Gasteiger partial charge in [-0.25, -0.2) is 14.8 Å². The lowest BCUT2D eigenvalue weighted by Gasteiger charge is -2.16. The molecule has 3 aromatic heterocycles. The number of imidazole rings is 1. The third-order valence-corrected chi connectivity index (χ3v) is 5.69. The molecule has 0 aliphatic heterocycles. The molecule has 0 bridgehead atoms. The van der Waals surface area contributed by atoms with Crippen LogP contribution in [-0.2, 0) is 4.74 Å². The van der Waals surface area contributed by atoms with E-state index >= 15 is 0 Å². The van der Waals surface area contributed by atoms with E-state index in [2.05, 4.69) is 9.97 Å². The monoisotopic (exact) mass is 420 g/mol. The van der Waals surface area contributed by atoms with Gasteiger partial charge in [-0.1, -0.05) is 6.07 Å². The maximum absolute atomic E-state index is 12.6. The number of hydrogen-bond donors (Lipinski definition) is 2. The molecule has 3 heterocycles. The number of ether oxygens (including phenoxy) is 1. The highest BCUT2D eigenvalue weighted by molar-refractivity contribution is 7.10. The average molecular weight is 420 g/mol. The van der Waals surface area contributed by atoms with Crippen LogP contribution < -0.4 is 5.73 Å². The maximum Gasteiger partial charge on any atom is 0.343 e. The number of anilines is 1. The molecule has 152 valence electrons. The number of pyridine rings is 1. The van der Waals surface area contributed by atoms with Gasteiger partial charge in [-0.2, -0.15) is 0 Å². The van der Waals surface area contributed by atoms with Gasteiger partial charge >= 0.3 is 5.97 Å². The van der Waals surface area contributed by atoms with Gasteiger partial charge in [0.05, 0.1) is 18.5 Å². The lowest BCUT2D eigenvalue weighted by Crippen LogP contribution is -2.10. The van der Waals surface area contributed by atoms with Gasteiger partial charge in [0.1, 0.15) is 16.3 Å². The zero-order valence-corrected chi connectivity index (χ0v) is 17.5. The topological polar surface area (TPSA) is 103 Å². The highest BCUT2D eigenvalue weighted by Gasteiger charge is 2.23. The summed E-state index contributed by atoms with van der Waals surface area (Å²) < 4.78 is 6.73. The van der Waals surface area contributed by atoms with Crippen molar-refractivity contribution >= 4 is 40.8 Å². The second-order valence-corrected chi connectivity index (χ2v) is 7.75. The van der Waals surface area contributed by atoms with E-state index in [4.69, 9.17) is 10.5 Å². The number of nitrogen functional groups attached to an aromatic ring is 1. The lowest BCUT2D eigenvalue weighted by atomic mass is 9.93. The molecule has 0 aliphatic carbocycles. The molecule has 0 aliphatic rings. The van der Waals surface area contributed by atoms with E-state index in [1.54, 1.807) is 16.7 Å². The predicted molar refractivity (Wildman–Crippen MR) is 119 cm³/mol. The van der Waals surface area contributed by atoms with Crippen molar-refractivity contribution in [2.75, 3.05) is 12.8 Å². The standard InChI is InChI=1S/C22H20N4O3S/c1-12-4-6-16(27)13(2)18(12)15-11-26-10-14(5-7-17-24-8-9-30-17)25-21(26)19(20(15)23)22(28)29-3/h4-11,27H,23H2,1-3H3/b7-5+. The smallest absolute Gasteiger partial charge is 0.343 e. The Hall–Kier alpha value is -3.65. The van der Waals surface area contributed by atoms with Gasteiger partial charge in [0.2, 0.25) is 0 Å². The summed E-state index contributed by atoms with van der Waals surface area (Å²) in [7, 11) is 1.31. The fourth-order valence-electron chi connectivity index (χ4n) is 3.47. The number of aromatic nitrogens is 3. The molecule has 4 rings (SSSR count). The van der Waals surface area contributed by atoms with Crippen LogP contribution in [0.2, 0.25) is 0 Å². The van der Waals surface area contributed by atoms with E-state index < -0.39 is 5.97 Å². The van der Waals surface area contributed by atoms with Crippen LogP contribution in [0.4, 0.5) is 5.69 Å². The van der Waals surface area contributed by atoms with E-state index in [0.717, 1.165) is 16.1 Å². The molecular weight excluding hydrogens is 400 g/mol. The summed E-state index contributed by atoms with van der Waals surface area (Å²) in [6, 6.07) is 3.46. The quantitative estimate of drug-likeness (QED) is 0.477. The van der Waals surface area contributed by atoms with Gasteiger partial charge in [-0.3, -0.25) is 0 Å². The summed E-state index contributed by atoms with van der Waals surface area (Å²) in [4.78, 5) is 21.4. The first-order chi connectivity index (χ1) is 14.4. The van der Waals surface area contributed by atoms with E-state index in [9.17, 15) is 9.90 Å². The molecule has 0 saturated carbocycles. The number of esters is 1. The molecule has 0 fully saturated rings. The van der Waals surface area contributed by atoms with Crippen LogP contribution in [0.5, 0.6) is 5.75 Å². The summed E-state index contributed by atoms with van der Waals surface area (Å²) in [5.41, 5.74) is 10.9. The molecule has 0 unspecified atom stereocenters. The first-order valence-electron chi connectivity index (χ1n) is 9.17. The summed E-state index contributed by atoms with van der Waals surface area (Å²) in [6.07, 6.45) is 9.05. The number of phenolic OH excluding ortho intramolecular Hbond substituents is 1. The minimum absolute atomic E-state index is 0.160. The summed E-state index contributed by atoms with van der Waals surface area (Å²) in [6.45, 7) is 3.74. The van der Waals surface area contributed by atoms with Gasteiger partial charge < -0.3 is 20.0 Å². The highest BCUT2D eigenvalue weighted by atomic mass is 32.1. The van der Waals surface area contributed by atoms with Crippen LogP contribution in [-0.4, -0.2) is 32.6 Å². The number of nitrogens with two attached hydrogens (primary N) is 1.